The van der Waals surface area contributed by atoms with Crippen molar-refractivity contribution in [3.05, 3.63) is 28.9 Å². The number of fused-ring (bicyclic) bond motifs is 1. The summed E-state index contributed by atoms with van der Waals surface area (Å²) in [7, 11) is 0. The minimum atomic E-state index is -0.554. The molecule has 1 N–H and O–H groups in total. The zero-order valence-electron chi connectivity index (χ0n) is 12.3. The molecule has 0 bridgehead atoms. The Labute approximate surface area is 139 Å². The van der Waals surface area contributed by atoms with Gasteiger partial charge in [-0.15, -0.1) is 21.6 Å². The summed E-state index contributed by atoms with van der Waals surface area (Å²) < 4.78 is 9.57. The van der Waals surface area contributed by atoms with Crippen LogP contribution < -0.4 is 0 Å². The van der Waals surface area contributed by atoms with Crippen molar-refractivity contribution in [1.29, 1.82) is 0 Å². The van der Waals surface area contributed by atoms with Gasteiger partial charge in [-0.2, -0.15) is 4.37 Å². The fourth-order valence-electron chi connectivity index (χ4n) is 2.05. The molecule has 118 valence electrons. The fraction of sp³-hybridized carbons (Fsp3) is 0.214. The molecule has 0 aliphatic heterocycles. The maximum atomic E-state index is 12.2. The first-order chi connectivity index (χ1) is 11.1. The summed E-state index contributed by atoms with van der Waals surface area (Å²) in [4.78, 5) is 17.1. The van der Waals surface area contributed by atoms with Crippen molar-refractivity contribution in [3.63, 3.8) is 0 Å². The van der Waals surface area contributed by atoms with E-state index in [-0.39, 0.29) is 17.9 Å². The molecule has 0 spiro atoms. The molecule has 2 heterocycles. The van der Waals surface area contributed by atoms with Gasteiger partial charge in [0.15, 0.2) is 0 Å². The largest absolute Gasteiger partial charge is 0.507 e. The maximum absolute atomic E-state index is 12.2. The number of esters is 1. The van der Waals surface area contributed by atoms with E-state index in [1.807, 2.05) is 13.0 Å². The lowest BCUT2D eigenvalue weighted by molar-refractivity contribution is 0.0527. The highest BCUT2D eigenvalue weighted by molar-refractivity contribution is 7.19. The van der Waals surface area contributed by atoms with Crippen molar-refractivity contribution in [2.75, 3.05) is 6.61 Å². The van der Waals surface area contributed by atoms with E-state index in [0.717, 1.165) is 16.4 Å². The zero-order chi connectivity index (χ0) is 16.4. The molecule has 0 saturated heterocycles. The van der Waals surface area contributed by atoms with E-state index in [1.165, 1.54) is 23.7 Å². The normalized spacial score (nSPS) is 11.4. The average Bonchev–Trinajstić information content (AvgIpc) is 3.15. The number of thiophene rings is 1. The third-order valence-corrected chi connectivity index (χ3v) is 4.57. The van der Waals surface area contributed by atoms with Crippen LogP contribution in [-0.4, -0.2) is 27.0 Å². The number of benzene rings is 1. The molecule has 0 radical (unpaired) electrons. The predicted octanol–water partition coefficient (Wildman–Crippen LogP) is 4.36. The Morgan fingerprint density at radius 3 is 2.91 bits per heavy atom. The van der Waals surface area contributed by atoms with Crippen LogP contribution in [0.15, 0.2) is 28.7 Å². The van der Waals surface area contributed by atoms with Gasteiger partial charge >= 0.3 is 5.97 Å². The summed E-state index contributed by atoms with van der Waals surface area (Å²) >= 11 is 2.52. The molecule has 0 amide bonds. The lowest BCUT2D eigenvalue weighted by Crippen LogP contribution is -2.04. The number of phenols is 1. The molecule has 3 aromatic rings. The molecule has 0 saturated carbocycles. The third-order valence-electron chi connectivity index (χ3n) is 2.96. The van der Waals surface area contributed by atoms with Gasteiger partial charge < -0.3 is 9.84 Å². The Morgan fingerprint density at radius 2 is 2.22 bits per heavy atom. The second-order valence-corrected chi connectivity index (χ2v) is 6.55. The summed E-state index contributed by atoms with van der Waals surface area (Å²) in [6.07, 6.45) is 1.38. The second-order valence-electron chi connectivity index (χ2n) is 4.54. The lowest BCUT2D eigenvalue weighted by Gasteiger charge is -2.07. The van der Waals surface area contributed by atoms with Crippen molar-refractivity contribution in [2.45, 2.75) is 13.8 Å². The molecule has 9 heteroatoms. The van der Waals surface area contributed by atoms with Gasteiger partial charge in [-0.05, 0) is 26.0 Å². The van der Waals surface area contributed by atoms with Gasteiger partial charge in [0, 0.05) is 21.8 Å². The number of carbonyl (C=O) groups is 1. The lowest BCUT2D eigenvalue weighted by atomic mass is 10.1. The molecule has 7 nitrogen and oxygen atoms in total. The number of hydrogen-bond donors (Lipinski definition) is 1. The van der Waals surface area contributed by atoms with E-state index in [1.54, 1.807) is 6.92 Å². The highest BCUT2D eigenvalue weighted by atomic mass is 32.1. The Morgan fingerprint density at radius 1 is 1.39 bits per heavy atom. The monoisotopic (exact) mass is 348 g/mol. The van der Waals surface area contributed by atoms with Crippen molar-refractivity contribution < 1.29 is 14.6 Å². The van der Waals surface area contributed by atoms with E-state index >= 15 is 0 Å². The Hall–Kier alpha value is -2.39. The number of hydrogen-bond acceptors (Lipinski definition) is 9. The number of phenolic OH excluding ortho intramolecular Hbond substituents is 1. The fourth-order valence-corrected chi connectivity index (χ4v) is 3.43. The van der Waals surface area contributed by atoms with Crippen LogP contribution in [0.5, 0.6) is 5.75 Å². The minimum Gasteiger partial charge on any atom is -0.507 e. The molecule has 0 atom stereocenters. The quantitative estimate of drug-likeness (QED) is 0.558. The summed E-state index contributed by atoms with van der Waals surface area (Å²) in [5.74, 6) is -0.538. The summed E-state index contributed by atoms with van der Waals surface area (Å²) in [5.41, 5.74) is 0.538. The molecule has 0 unspecified atom stereocenters. The zero-order valence-corrected chi connectivity index (χ0v) is 13.9. The number of aromatic hydroxyl groups is 1. The van der Waals surface area contributed by atoms with Gasteiger partial charge in [0.05, 0.1) is 16.9 Å². The highest BCUT2D eigenvalue weighted by Crippen LogP contribution is 2.42. The van der Waals surface area contributed by atoms with Crippen molar-refractivity contribution in [1.82, 2.24) is 9.36 Å². The minimum absolute atomic E-state index is 0.0160. The van der Waals surface area contributed by atoms with Crippen LogP contribution >= 0.6 is 22.9 Å². The second kappa shape index (κ2) is 6.39. The van der Waals surface area contributed by atoms with E-state index < -0.39 is 5.97 Å². The van der Waals surface area contributed by atoms with Gasteiger partial charge in [0.25, 0.3) is 0 Å². The van der Waals surface area contributed by atoms with Crippen LogP contribution in [-0.2, 0) is 4.74 Å². The predicted molar refractivity (Wildman–Crippen MR) is 88.3 cm³/mol. The first-order valence-electron chi connectivity index (χ1n) is 6.71. The topological polar surface area (TPSA) is 97.0 Å². The molecule has 23 heavy (non-hydrogen) atoms. The summed E-state index contributed by atoms with van der Waals surface area (Å²) in [6, 6.07) is 3.20. The Balaban J connectivity index is 2.20. The molecule has 0 fully saturated rings. The first-order valence-corrected chi connectivity index (χ1v) is 8.30. The molecular formula is C14H12N4O3S2. The molecule has 2 aromatic heterocycles. The molecule has 1 aromatic carbocycles. The van der Waals surface area contributed by atoms with Crippen LogP contribution in [0.3, 0.4) is 0 Å². The summed E-state index contributed by atoms with van der Waals surface area (Å²) in [6.45, 7) is 3.86. The SMILES string of the molecule is CCOC(=O)c1cc(O)c2cc(C)sc2c1N=Nc1ncns1. The highest BCUT2D eigenvalue weighted by Gasteiger charge is 2.20. The third kappa shape index (κ3) is 3.06. The Bertz CT molecular complexity index is 887. The van der Waals surface area contributed by atoms with E-state index in [0.29, 0.717) is 20.9 Å². The van der Waals surface area contributed by atoms with Gasteiger partial charge in [0.1, 0.15) is 17.8 Å². The van der Waals surface area contributed by atoms with Gasteiger partial charge in [-0.25, -0.2) is 9.78 Å². The Kier molecular flexibility index (Phi) is 4.30. The van der Waals surface area contributed by atoms with Gasteiger partial charge in [0.2, 0.25) is 5.13 Å². The van der Waals surface area contributed by atoms with Crippen molar-refractivity contribution in [3.8, 4) is 5.75 Å². The molecule has 3 rings (SSSR count). The van der Waals surface area contributed by atoms with E-state index in [4.69, 9.17) is 4.74 Å². The van der Waals surface area contributed by atoms with Crippen LogP contribution in [0.4, 0.5) is 10.8 Å². The number of azo groups is 1. The average molecular weight is 348 g/mol. The smallest absolute Gasteiger partial charge is 0.340 e. The standard InChI is InChI=1S/C14H12N4O3S2/c1-3-21-13(20)9-5-10(19)8-4-7(2)22-12(8)11(9)17-18-14-15-6-16-23-14/h4-6,19H,3H2,1-2H3. The summed E-state index contributed by atoms with van der Waals surface area (Å²) in [5, 5.41) is 19.4. The van der Waals surface area contributed by atoms with E-state index in [9.17, 15) is 9.90 Å². The number of aromatic nitrogens is 2. The number of rotatable bonds is 4. The molecular weight excluding hydrogens is 336 g/mol. The molecule has 0 aliphatic carbocycles. The van der Waals surface area contributed by atoms with Gasteiger partial charge in [-0.3, -0.25) is 0 Å². The van der Waals surface area contributed by atoms with Crippen LogP contribution in [0.2, 0.25) is 0 Å². The van der Waals surface area contributed by atoms with Crippen LogP contribution in [0.1, 0.15) is 22.2 Å². The van der Waals surface area contributed by atoms with Gasteiger partial charge in [-0.1, -0.05) is 0 Å². The van der Waals surface area contributed by atoms with Crippen molar-refractivity contribution in [2.24, 2.45) is 10.2 Å². The number of carbonyl (C=O) groups excluding carboxylic acids is 1. The van der Waals surface area contributed by atoms with Crippen molar-refractivity contribution >= 4 is 49.7 Å². The van der Waals surface area contributed by atoms with Crippen LogP contribution in [0.25, 0.3) is 10.1 Å². The van der Waals surface area contributed by atoms with E-state index in [2.05, 4.69) is 19.6 Å². The first kappa shape index (κ1) is 15.5. The number of ether oxygens (including phenoxy) is 1. The molecule has 0 aliphatic rings. The van der Waals surface area contributed by atoms with Crippen LogP contribution in [0, 0.1) is 6.92 Å². The number of aryl methyl sites for hydroxylation is 1. The number of nitrogens with zero attached hydrogens (tertiary/aromatic N) is 4. The maximum Gasteiger partial charge on any atom is 0.340 e.